The molecule has 0 radical (unpaired) electrons. The Morgan fingerprint density at radius 1 is 0.875 bits per heavy atom. The number of aryl methyl sites for hydroxylation is 1. The molecule has 0 saturated carbocycles. The van der Waals surface area contributed by atoms with E-state index in [0.717, 1.165) is 41.4 Å². The van der Waals surface area contributed by atoms with E-state index in [1.165, 1.54) is 25.6 Å². The van der Waals surface area contributed by atoms with Gasteiger partial charge in [-0.2, -0.15) is 24.4 Å². The van der Waals surface area contributed by atoms with Gasteiger partial charge in [0.1, 0.15) is 30.8 Å². The van der Waals surface area contributed by atoms with Gasteiger partial charge in [-0.25, -0.2) is 14.6 Å². The van der Waals surface area contributed by atoms with E-state index in [4.69, 9.17) is 14.5 Å². The van der Waals surface area contributed by atoms with Gasteiger partial charge < -0.3 is 51.3 Å². The predicted octanol–water partition coefficient (Wildman–Crippen LogP) is 7.07. The molecule has 6 amide bonds. The molecule has 88 heavy (non-hydrogen) atoms. The third-order valence-electron chi connectivity index (χ3n) is 13.4. The van der Waals surface area contributed by atoms with Crippen molar-refractivity contribution in [3.8, 4) is 11.4 Å². The standard InChI is InChI=1S/C49H69N9O10S.C10H17NO.C2H5F.C2H4.CH4S/c1-10-13-34(52-25-50-8)44(61)55-35(18-26(2)3)43(60)51-22-39(59)53-36(19-27(4)5)45(62)56-37(24-69-9)46(63)57-40(28(6)7)48(65)68-42-31-21-38-41-30(20-29-14-11-12-15-33(29)54-41)16-17-58(38)47(64)32(31)23-67-49(42)66;1-4-6-7-8-10(5-2)11-9(3)12;1-2-3;2*1-2/h11-12,14-15,20-21,26-28,34-37,40,42,50,52H,10,13,16-19,22-25H2,1-9H3,(H,51,60)(H,53,59)(H,55,61)(H,56,62)(H,57,63);4,6,8H,5,7H2,1-3H3,(H,11,12);2H2,1H3;1-2H2;2H,1H3/b;6-4-,10-8+;;;. The van der Waals surface area contributed by atoms with Crippen LogP contribution in [-0.2, 0) is 67.4 Å². The Morgan fingerprint density at radius 2 is 1.48 bits per heavy atom. The lowest BCUT2D eigenvalue weighted by atomic mass is 9.95. The minimum atomic E-state index is -1.61. The van der Waals surface area contributed by atoms with Gasteiger partial charge in [-0.1, -0.05) is 98.2 Å². The molecule has 21 nitrogen and oxygen atoms in total. The summed E-state index contributed by atoms with van der Waals surface area (Å²) in [5.41, 5.74) is 3.69. The van der Waals surface area contributed by atoms with Crippen molar-refractivity contribution in [1.82, 2.24) is 52.1 Å². The highest BCUT2D eigenvalue weighted by molar-refractivity contribution is 7.98. The van der Waals surface area contributed by atoms with E-state index >= 15 is 0 Å². The van der Waals surface area contributed by atoms with Gasteiger partial charge in [0.25, 0.3) is 5.56 Å². The zero-order chi connectivity index (χ0) is 66.6. The second kappa shape index (κ2) is 42.9. The van der Waals surface area contributed by atoms with E-state index in [0.29, 0.717) is 43.9 Å². The normalized spacial score (nSPS) is 14.7. The quantitative estimate of drug-likeness (QED) is 0.0152. The molecule has 0 saturated heterocycles. The number of pyridine rings is 2. The van der Waals surface area contributed by atoms with Crippen molar-refractivity contribution >= 4 is 82.7 Å². The molecule has 0 fully saturated rings. The number of amides is 6. The number of nitrogens with one attached hydrogen (secondary N) is 8. The van der Waals surface area contributed by atoms with Gasteiger partial charge in [0.2, 0.25) is 41.5 Å². The van der Waals surface area contributed by atoms with Crippen LogP contribution in [0.25, 0.3) is 22.3 Å². The Labute approximate surface area is 530 Å². The van der Waals surface area contributed by atoms with Gasteiger partial charge in [-0.15, -0.1) is 13.2 Å². The van der Waals surface area contributed by atoms with Crippen LogP contribution in [0.1, 0.15) is 137 Å². The number of carbonyl (C=O) groups is 8. The van der Waals surface area contributed by atoms with E-state index in [1.54, 1.807) is 44.0 Å². The number of thiol groups is 1. The topological polar surface area (TPSA) is 286 Å². The Bertz CT molecular complexity index is 2860. The fourth-order valence-electron chi connectivity index (χ4n) is 9.24. The number of hydrogen-bond acceptors (Lipinski definition) is 16. The van der Waals surface area contributed by atoms with Gasteiger partial charge in [0.05, 0.1) is 41.7 Å². The van der Waals surface area contributed by atoms with Crippen LogP contribution < -0.4 is 48.1 Å². The molecule has 490 valence electrons. The zero-order valence-corrected chi connectivity index (χ0v) is 55.8. The number of aromatic nitrogens is 2. The monoisotopic (exact) mass is 1270 g/mol. The molecule has 5 rings (SSSR count). The first-order valence-electron chi connectivity index (χ1n) is 29.9. The molecule has 8 N–H and O–H groups in total. The molecule has 0 bridgehead atoms. The Morgan fingerprint density at radius 3 is 2.05 bits per heavy atom. The van der Waals surface area contributed by atoms with Crippen LogP contribution in [0.5, 0.6) is 0 Å². The summed E-state index contributed by atoms with van der Waals surface area (Å²) >= 11 is 4.79. The Kier molecular flexibility index (Phi) is 38.6. The summed E-state index contributed by atoms with van der Waals surface area (Å²) in [6, 6.07) is 6.30. The van der Waals surface area contributed by atoms with Crippen LogP contribution in [0.3, 0.4) is 0 Å². The second-order valence-electron chi connectivity index (χ2n) is 21.6. The van der Waals surface area contributed by atoms with Gasteiger partial charge in [-0.05, 0) is 113 Å². The zero-order valence-electron chi connectivity index (χ0n) is 54.1. The SMILES string of the molecule is C/C=C\C/C=C(\CC)NC(C)=O.C=C.CCCC(NCNC)C(=O)NC(CC(C)C)C(=O)NCC(=O)NC(CC(C)C)C(=O)NC(CSC)C(=O)NC(C(=O)OC1C(=O)OCc2c1cc1n(c2=O)CCc2cc3ccccc3nc2-1)C(C)C.CCF.CS. The van der Waals surface area contributed by atoms with Crippen molar-refractivity contribution in [1.29, 1.82) is 0 Å². The van der Waals surface area contributed by atoms with Crippen molar-refractivity contribution in [3.63, 3.8) is 0 Å². The molecular weight excluding hydrogens is 1170 g/mol. The predicted molar refractivity (Wildman–Crippen MR) is 352 cm³/mol. The maximum atomic E-state index is 14.0. The van der Waals surface area contributed by atoms with Gasteiger partial charge in [0.15, 0.2) is 0 Å². The Hall–Kier alpha value is -6.89. The molecule has 0 spiro atoms. The van der Waals surface area contributed by atoms with Crippen LogP contribution >= 0.6 is 24.4 Å². The van der Waals surface area contributed by atoms with Crippen molar-refractivity contribution < 1.29 is 52.2 Å². The third kappa shape index (κ3) is 26.1. The first-order chi connectivity index (χ1) is 42.0. The fraction of sp³-hybridized carbons (Fsp3) is 0.562. The summed E-state index contributed by atoms with van der Waals surface area (Å²) in [4.78, 5) is 125. The summed E-state index contributed by atoms with van der Waals surface area (Å²) in [5.74, 6) is -5.27. The number of ether oxygens (including phenoxy) is 2. The van der Waals surface area contributed by atoms with Gasteiger partial charge >= 0.3 is 11.9 Å². The molecule has 6 unspecified atom stereocenters. The molecule has 6 atom stereocenters. The molecule has 3 aromatic rings. The lowest BCUT2D eigenvalue weighted by Gasteiger charge is -2.30. The van der Waals surface area contributed by atoms with Crippen molar-refractivity contribution in [2.45, 2.75) is 171 Å². The molecule has 4 heterocycles. The smallest absolute Gasteiger partial charge is 0.352 e. The number of cyclic esters (lactones) is 1. The summed E-state index contributed by atoms with van der Waals surface area (Å²) < 4.78 is 23.1. The lowest BCUT2D eigenvalue weighted by Crippen LogP contribution is -2.58. The Balaban J connectivity index is 0.00000177. The molecule has 2 aliphatic heterocycles. The first-order valence-corrected chi connectivity index (χ1v) is 32.2. The number of carbonyl (C=O) groups excluding carboxylic acids is 8. The maximum absolute atomic E-state index is 14.0. The van der Waals surface area contributed by atoms with Crippen LogP contribution in [0, 0.1) is 17.8 Å². The minimum Gasteiger partial charge on any atom is -0.458 e. The summed E-state index contributed by atoms with van der Waals surface area (Å²) in [6.45, 7) is 25.6. The number of nitrogens with zero attached hydrogens (tertiary/aromatic N) is 2. The number of alkyl halides is 1. The van der Waals surface area contributed by atoms with E-state index < -0.39 is 84.3 Å². The average Bonchev–Trinajstić information content (AvgIpc) is 1.15. The number of fused-ring (bicyclic) bond motifs is 5. The summed E-state index contributed by atoms with van der Waals surface area (Å²) in [7, 11) is 1.75. The number of benzene rings is 1. The molecule has 24 heteroatoms. The van der Waals surface area contributed by atoms with Gasteiger partial charge in [0, 0.05) is 42.5 Å². The molecule has 2 aromatic heterocycles. The minimum absolute atomic E-state index is 0.00331. The van der Waals surface area contributed by atoms with E-state index in [-0.39, 0.29) is 65.8 Å². The number of allylic oxidation sites excluding steroid dienone is 4. The van der Waals surface area contributed by atoms with Crippen LogP contribution in [0.2, 0.25) is 0 Å². The molecule has 2 aliphatic rings. The highest BCUT2D eigenvalue weighted by Gasteiger charge is 2.40. The number of thioether (sulfide) groups is 1. The largest absolute Gasteiger partial charge is 0.458 e. The van der Waals surface area contributed by atoms with Crippen LogP contribution in [-0.4, -0.2) is 132 Å². The summed E-state index contributed by atoms with van der Waals surface area (Å²) in [5, 5.41) is 23.3. The number of para-hydroxylation sites is 1. The van der Waals surface area contributed by atoms with E-state index in [1.807, 2.05) is 91.0 Å². The maximum Gasteiger partial charge on any atom is 0.352 e. The van der Waals surface area contributed by atoms with Crippen LogP contribution in [0.4, 0.5) is 4.39 Å². The number of esters is 2. The van der Waals surface area contributed by atoms with E-state index in [2.05, 4.69) is 74.4 Å². The third-order valence-corrected chi connectivity index (χ3v) is 14.0. The van der Waals surface area contributed by atoms with Crippen molar-refractivity contribution in [3.05, 3.63) is 101 Å². The highest BCUT2D eigenvalue weighted by Crippen LogP contribution is 2.35. The first kappa shape index (κ1) is 79.1. The van der Waals surface area contributed by atoms with E-state index in [9.17, 15) is 47.5 Å². The van der Waals surface area contributed by atoms with Crippen molar-refractivity contribution in [2.75, 3.05) is 45.2 Å². The number of halogens is 1. The van der Waals surface area contributed by atoms with Gasteiger partial charge in [-0.3, -0.25) is 43.3 Å². The molecule has 0 aliphatic carbocycles. The van der Waals surface area contributed by atoms with Crippen molar-refractivity contribution in [2.24, 2.45) is 17.8 Å². The van der Waals surface area contributed by atoms with Crippen LogP contribution in [0.15, 0.2) is 78.3 Å². The second-order valence-corrected chi connectivity index (χ2v) is 22.5. The highest BCUT2D eigenvalue weighted by atomic mass is 32.2. The summed E-state index contributed by atoms with van der Waals surface area (Å²) in [6.07, 6.45) is 12.0. The number of hydrogen-bond donors (Lipinski definition) is 9. The molecular formula is C64H99FN10O11S2. The lowest BCUT2D eigenvalue weighted by molar-refractivity contribution is -0.173. The average molecular weight is 1270 g/mol. The fourth-order valence-corrected chi connectivity index (χ4v) is 9.81. The number of rotatable bonds is 28. The molecule has 1 aromatic carbocycles.